The second kappa shape index (κ2) is 4.40. The molecule has 0 spiro atoms. The van der Waals surface area contributed by atoms with Crippen LogP contribution in [0.3, 0.4) is 0 Å². The highest BCUT2D eigenvalue weighted by Crippen LogP contribution is 2.18. The number of pyridine rings is 1. The van der Waals surface area contributed by atoms with Crippen molar-refractivity contribution >= 4 is 17.8 Å². The van der Waals surface area contributed by atoms with Gasteiger partial charge >= 0.3 is 6.09 Å². The summed E-state index contributed by atoms with van der Waals surface area (Å²) in [6.45, 7) is 2.23. The molecule has 6 heteroatoms. The van der Waals surface area contributed by atoms with Gasteiger partial charge in [-0.15, -0.1) is 0 Å². The van der Waals surface area contributed by atoms with E-state index in [0.29, 0.717) is 18.8 Å². The van der Waals surface area contributed by atoms with Crippen LogP contribution >= 0.6 is 0 Å². The molecule has 0 saturated carbocycles. The third-order valence-electron chi connectivity index (χ3n) is 2.71. The van der Waals surface area contributed by atoms with Crippen molar-refractivity contribution in [2.24, 2.45) is 0 Å². The lowest BCUT2D eigenvalue weighted by atomic mass is 10.0. The van der Waals surface area contributed by atoms with Crippen LogP contribution < -0.4 is 5.32 Å². The van der Waals surface area contributed by atoms with E-state index in [1.807, 2.05) is 13.0 Å². The lowest BCUT2D eigenvalue weighted by Crippen LogP contribution is -2.56. The molecule has 1 aromatic heterocycles. The average molecular weight is 235 g/mol. The Morgan fingerprint density at radius 2 is 2.29 bits per heavy atom. The number of hydrogen-bond acceptors (Lipinski definition) is 3. The molecule has 0 aliphatic carbocycles. The van der Waals surface area contributed by atoms with Gasteiger partial charge in [0.15, 0.2) is 0 Å². The summed E-state index contributed by atoms with van der Waals surface area (Å²) in [7, 11) is 0. The maximum atomic E-state index is 11.8. The van der Waals surface area contributed by atoms with Gasteiger partial charge in [0.05, 0.1) is 0 Å². The van der Waals surface area contributed by atoms with Crippen molar-refractivity contribution in [3.63, 3.8) is 0 Å². The van der Waals surface area contributed by atoms with Crippen molar-refractivity contribution in [2.45, 2.75) is 19.4 Å². The molecular formula is C11H13N3O3. The molecule has 0 bridgehead atoms. The van der Waals surface area contributed by atoms with Gasteiger partial charge in [-0.25, -0.2) is 9.78 Å². The lowest BCUT2D eigenvalue weighted by Gasteiger charge is -2.37. The monoisotopic (exact) mass is 235 g/mol. The van der Waals surface area contributed by atoms with Gasteiger partial charge in [0.2, 0.25) is 5.91 Å². The quantitative estimate of drug-likeness (QED) is 0.803. The molecule has 1 unspecified atom stereocenters. The first kappa shape index (κ1) is 11.4. The maximum Gasteiger partial charge on any atom is 0.407 e. The summed E-state index contributed by atoms with van der Waals surface area (Å²) in [5.74, 6) is 0.129. The summed E-state index contributed by atoms with van der Waals surface area (Å²) in [5.41, 5.74) is 0.798. The highest BCUT2D eigenvalue weighted by molar-refractivity contribution is 5.96. The van der Waals surface area contributed by atoms with Gasteiger partial charge in [-0.1, -0.05) is 6.07 Å². The minimum Gasteiger partial charge on any atom is -0.465 e. The van der Waals surface area contributed by atoms with Crippen molar-refractivity contribution in [1.29, 1.82) is 0 Å². The molecular weight excluding hydrogens is 222 g/mol. The van der Waals surface area contributed by atoms with E-state index in [9.17, 15) is 9.59 Å². The number of nitrogens with zero attached hydrogens (tertiary/aromatic N) is 2. The van der Waals surface area contributed by atoms with Gasteiger partial charge in [0, 0.05) is 12.2 Å². The molecule has 1 aromatic rings. The number of likely N-dealkylation sites (tertiary alicyclic amines) is 1. The minimum absolute atomic E-state index is 0.322. The van der Waals surface area contributed by atoms with Gasteiger partial charge in [-0.2, -0.15) is 0 Å². The van der Waals surface area contributed by atoms with Crippen LogP contribution in [0.4, 0.5) is 10.6 Å². The van der Waals surface area contributed by atoms with Gasteiger partial charge in [0.1, 0.15) is 11.9 Å². The van der Waals surface area contributed by atoms with Crippen LogP contribution in [-0.2, 0) is 4.79 Å². The van der Waals surface area contributed by atoms with Crippen molar-refractivity contribution in [3.8, 4) is 0 Å². The summed E-state index contributed by atoms with van der Waals surface area (Å²) < 4.78 is 0. The molecule has 6 nitrogen and oxygen atoms in total. The van der Waals surface area contributed by atoms with Crippen LogP contribution in [0.25, 0.3) is 0 Å². The maximum absolute atomic E-state index is 11.8. The second-order valence-corrected chi connectivity index (χ2v) is 3.93. The van der Waals surface area contributed by atoms with E-state index in [-0.39, 0.29) is 5.91 Å². The molecule has 2 heterocycles. The van der Waals surface area contributed by atoms with Crippen molar-refractivity contribution in [1.82, 2.24) is 9.88 Å². The van der Waals surface area contributed by atoms with Gasteiger partial charge < -0.3 is 10.4 Å². The minimum atomic E-state index is -1.06. The van der Waals surface area contributed by atoms with Crippen LogP contribution in [-0.4, -0.2) is 39.6 Å². The largest absolute Gasteiger partial charge is 0.465 e. The summed E-state index contributed by atoms with van der Waals surface area (Å²) >= 11 is 0. The van der Waals surface area contributed by atoms with Crippen LogP contribution in [0.15, 0.2) is 18.2 Å². The molecule has 1 aliphatic heterocycles. The standard InChI is InChI=1S/C11H13N3O3/c1-7-3-2-4-9(12-7)13-10(15)8-5-6-14(8)11(16)17/h2-4,8H,5-6H2,1H3,(H,16,17)(H,12,13,15). The van der Waals surface area contributed by atoms with Crippen molar-refractivity contribution < 1.29 is 14.7 Å². The topological polar surface area (TPSA) is 82.5 Å². The van der Waals surface area contributed by atoms with E-state index in [0.717, 1.165) is 10.6 Å². The number of aromatic nitrogens is 1. The van der Waals surface area contributed by atoms with E-state index in [4.69, 9.17) is 5.11 Å². The number of rotatable bonds is 2. The van der Waals surface area contributed by atoms with Crippen LogP contribution in [0.1, 0.15) is 12.1 Å². The molecule has 1 aliphatic rings. The van der Waals surface area contributed by atoms with Crippen LogP contribution in [0.5, 0.6) is 0 Å². The number of carbonyl (C=O) groups excluding carboxylic acids is 1. The summed E-state index contributed by atoms with van der Waals surface area (Å²) in [4.78, 5) is 27.7. The Morgan fingerprint density at radius 1 is 1.53 bits per heavy atom. The zero-order valence-corrected chi connectivity index (χ0v) is 9.38. The summed E-state index contributed by atoms with van der Waals surface area (Å²) in [5, 5.41) is 11.4. The Kier molecular flexibility index (Phi) is 2.95. The summed E-state index contributed by atoms with van der Waals surface area (Å²) in [6.07, 6.45) is -0.502. The fourth-order valence-corrected chi connectivity index (χ4v) is 1.71. The molecule has 2 N–H and O–H groups in total. The Balaban J connectivity index is 2.00. The molecule has 0 radical (unpaired) electrons. The number of nitrogens with one attached hydrogen (secondary N) is 1. The number of carbonyl (C=O) groups is 2. The highest BCUT2D eigenvalue weighted by Gasteiger charge is 2.37. The third-order valence-corrected chi connectivity index (χ3v) is 2.71. The summed E-state index contributed by atoms with van der Waals surface area (Å²) in [6, 6.07) is 4.69. The van der Waals surface area contributed by atoms with E-state index >= 15 is 0 Å². The number of anilines is 1. The van der Waals surface area contributed by atoms with E-state index < -0.39 is 12.1 Å². The SMILES string of the molecule is Cc1cccc(NC(=O)C2CCN2C(=O)O)n1. The Hall–Kier alpha value is -2.11. The fourth-order valence-electron chi connectivity index (χ4n) is 1.71. The number of hydrogen-bond donors (Lipinski definition) is 2. The molecule has 0 aromatic carbocycles. The molecule has 1 atom stereocenters. The van der Waals surface area contributed by atoms with Gasteiger partial charge in [-0.3, -0.25) is 9.69 Å². The Morgan fingerprint density at radius 3 is 2.82 bits per heavy atom. The Bertz CT molecular complexity index is 461. The number of aryl methyl sites for hydroxylation is 1. The number of carboxylic acid groups (broad SMARTS) is 1. The highest BCUT2D eigenvalue weighted by atomic mass is 16.4. The predicted octanol–water partition coefficient (Wildman–Crippen LogP) is 1.08. The molecule has 90 valence electrons. The molecule has 2 rings (SSSR count). The van der Waals surface area contributed by atoms with Gasteiger partial charge in [-0.05, 0) is 25.5 Å². The van der Waals surface area contributed by atoms with E-state index in [1.165, 1.54) is 0 Å². The Labute approximate surface area is 98.3 Å². The zero-order chi connectivity index (χ0) is 12.4. The normalized spacial score (nSPS) is 18.4. The van der Waals surface area contributed by atoms with Crippen LogP contribution in [0.2, 0.25) is 0 Å². The lowest BCUT2D eigenvalue weighted by molar-refractivity contribution is -0.124. The molecule has 1 saturated heterocycles. The third kappa shape index (κ3) is 2.35. The van der Waals surface area contributed by atoms with E-state index in [2.05, 4.69) is 10.3 Å². The first-order valence-corrected chi connectivity index (χ1v) is 5.32. The molecule has 17 heavy (non-hydrogen) atoms. The first-order valence-electron chi connectivity index (χ1n) is 5.32. The zero-order valence-electron chi connectivity index (χ0n) is 9.38. The van der Waals surface area contributed by atoms with Gasteiger partial charge in [0.25, 0.3) is 0 Å². The first-order chi connectivity index (χ1) is 8.08. The molecule has 1 fully saturated rings. The molecule has 2 amide bonds. The number of amides is 2. The van der Waals surface area contributed by atoms with E-state index in [1.54, 1.807) is 12.1 Å². The fraction of sp³-hybridized carbons (Fsp3) is 0.364. The van der Waals surface area contributed by atoms with Crippen LogP contribution in [0, 0.1) is 6.92 Å². The van der Waals surface area contributed by atoms with Crippen molar-refractivity contribution in [2.75, 3.05) is 11.9 Å². The van der Waals surface area contributed by atoms with Crippen molar-refractivity contribution in [3.05, 3.63) is 23.9 Å². The second-order valence-electron chi connectivity index (χ2n) is 3.93. The predicted molar refractivity (Wildman–Crippen MR) is 60.7 cm³/mol. The average Bonchev–Trinajstić information content (AvgIpc) is 2.13. The smallest absolute Gasteiger partial charge is 0.407 e.